The highest BCUT2D eigenvalue weighted by molar-refractivity contribution is 9.10. The minimum Gasteiger partial charge on any atom is -0.485 e. The molecule has 0 saturated carbocycles. The summed E-state index contributed by atoms with van der Waals surface area (Å²) in [6.07, 6.45) is 0. The number of hydrogen-bond acceptors (Lipinski definition) is 3. The van der Waals surface area contributed by atoms with Crippen LogP contribution in [0.2, 0.25) is 0 Å². The topological polar surface area (TPSA) is 50.1 Å². The maximum absolute atomic E-state index is 12.1. The molecular weight excluding hydrogens is 378 g/mol. The first-order valence-corrected chi connectivity index (χ1v) is 8.47. The second-order valence-corrected chi connectivity index (χ2v) is 6.35. The van der Waals surface area contributed by atoms with Crippen LogP contribution in [0.25, 0.3) is 11.1 Å². The average molecular weight is 392 g/mol. The number of nitriles is 1. The SMILES string of the molecule is N#Cc1ccc(-c2ccc(OCC(=O)c3cccc(Br)c3)cc2)cc1. The molecule has 0 aromatic heterocycles. The van der Waals surface area contributed by atoms with Gasteiger partial charge >= 0.3 is 0 Å². The lowest BCUT2D eigenvalue weighted by atomic mass is 10.0. The summed E-state index contributed by atoms with van der Waals surface area (Å²) in [7, 11) is 0. The van der Waals surface area contributed by atoms with Gasteiger partial charge in [-0.3, -0.25) is 4.79 Å². The molecule has 3 aromatic rings. The van der Waals surface area contributed by atoms with E-state index >= 15 is 0 Å². The summed E-state index contributed by atoms with van der Waals surface area (Å²) in [6, 6.07) is 24.3. The Hall–Kier alpha value is -2.90. The Balaban J connectivity index is 1.64. The van der Waals surface area contributed by atoms with Crippen LogP contribution in [0.1, 0.15) is 15.9 Å². The molecule has 0 aliphatic rings. The van der Waals surface area contributed by atoms with Crippen LogP contribution in [0, 0.1) is 11.3 Å². The van der Waals surface area contributed by atoms with E-state index in [9.17, 15) is 4.79 Å². The Morgan fingerprint density at radius 1 is 0.960 bits per heavy atom. The predicted octanol–water partition coefficient (Wildman–Crippen LogP) is 5.25. The van der Waals surface area contributed by atoms with Crippen LogP contribution in [-0.4, -0.2) is 12.4 Å². The van der Waals surface area contributed by atoms with Gasteiger partial charge in [0.05, 0.1) is 11.6 Å². The second kappa shape index (κ2) is 7.78. The lowest BCUT2D eigenvalue weighted by molar-refractivity contribution is 0.0921. The normalized spacial score (nSPS) is 10.1. The lowest BCUT2D eigenvalue weighted by Crippen LogP contribution is -2.11. The first-order valence-electron chi connectivity index (χ1n) is 7.68. The first kappa shape index (κ1) is 16.9. The van der Waals surface area contributed by atoms with Gasteiger partial charge in [-0.2, -0.15) is 5.26 Å². The number of carbonyl (C=O) groups excluding carboxylic acids is 1. The Bertz CT molecular complexity index is 925. The fourth-order valence-electron chi connectivity index (χ4n) is 2.37. The first-order chi connectivity index (χ1) is 12.2. The Kier molecular flexibility index (Phi) is 5.27. The fraction of sp³-hybridized carbons (Fsp3) is 0.0476. The van der Waals surface area contributed by atoms with Crippen molar-refractivity contribution in [3.05, 3.63) is 88.4 Å². The van der Waals surface area contributed by atoms with Gasteiger partial charge < -0.3 is 4.74 Å². The maximum atomic E-state index is 12.1. The van der Waals surface area contributed by atoms with E-state index in [1.807, 2.05) is 48.5 Å². The number of ether oxygens (including phenoxy) is 1. The van der Waals surface area contributed by atoms with Gasteiger partial charge in [-0.15, -0.1) is 0 Å². The third kappa shape index (κ3) is 4.34. The summed E-state index contributed by atoms with van der Waals surface area (Å²) in [5.41, 5.74) is 3.30. The van der Waals surface area contributed by atoms with Crippen LogP contribution in [-0.2, 0) is 0 Å². The van der Waals surface area contributed by atoms with Crippen LogP contribution < -0.4 is 4.74 Å². The summed E-state index contributed by atoms with van der Waals surface area (Å²) in [6.45, 7) is -0.00728. The zero-order chi connectivity index (χ0) is 17.6. The number of halogens is 1. The molecule has 0 fully saturated rings. The third-order valence-electron chi connectivity index (χ3n) is 3.72. The molecule has 0 spiro atoms. The molecule has 25 heavy (non-hydrogen) atoms. The summed E-state index contributed by atoms with van der Waals surface area (Å²) in [4.78, 5) is 12.1. The lowest BCUT2D eigenvalue weighted by Gasteiger charge is -2.07. The highest BCUT2D eigenvalue weighted by Crippen LogP contribution is 2.23. The zero-order valence-electron chi connectivity index (χ0n) is 13.3. The summed E-state index contributed by atoms with van der Waals surface area (Å²) in [5, 5.41) is 8.84. The number of hydrogen-bond donors (Lipinski definition) is 0. The van der Waals surface area contributed by atoms with E-state index in [0.717, 1.165) is 15.6 Å². The van der Waals surface area contributed by atoms with Crippen molar-refractivity contribution in [1.29, 1.82) is 5.26 Å². The van der Waals surface area contributed by atoms with Crippen molar-refractivity contribution in [1.82, 2.24) is 0 Å². The number of rotatable bonds is 5. The van der Waals surface area contributed by atoms with Crippen molar-refractivity contribution in [3.63, 3.8) is 0 Å². The van der Waals surface area contributed by atoms with Crippen molar-refractivity contribution in [2.75, 3.05) is 6.61 Å². The van der Waals surface area contributed by atoms with Crippen LogP contribution in [0.5, 0.6) is 5.75 Å². The van der Waals surface area contributed by atoms with Gasteiger partial charge in [0, 0.05) is 10.0 Å². The van der Waals surface area contributed by atoms with Gasteiger partial charge in [-0.25, -0.2) is 0 Å². The third-order valence-corrected chi connectivity index (χ3v) is 4.21. The Labute approximate surface area is 154 Å². The smallest absolute Gasteiger partial charge is 0.200 e. The van der Waals surface area contributed by atoms with Gasteiger partial charge in [-0.1, -0.05) is 52.3 Å². The number of ketones is 1. The molecule has 122 valence electrons. The highest BCUT2D eigenvalue weighted by atomic mass is 79.9. The maximum Gasteiger partial charge on any atom is 0.200 e. The molecule has 0 unspecified atom stereocenters. The minimum absolute atomic E-state index is 0.00728. The van der Waals surface area contributed by atoms with E-state index in [1.165, 1.54) is 0 Å². The Morgan fingerprint density at radius 2 is 1.60 bits per heavy atom. The van der Waals surface area contributed by atoms with Gasteiger partial charge in [0.2, 0.25) is 0 Å². The molecule has 0 amide bonds. The van der Waals surface area contributed by atoms with Crippen LogP contribution >= 0.6 is 15.9 Å². The fourth-order valence-corrected chi connectivity index (χ4v) is 2.77. The van der Waals surface area contributed by atoms with Gasteiger partial charge in [-0.05, 0) is 47.5 Å². The largest absolute Gasteiger partial charge is 0.485 e. The highest BCUT2D eigenvalue weighted by Gasteiger charge is 2.07. The number of benzene rings is 3. The van der Waals surface area contributed by atoms with Crippen LogP contribution in [0.3, 0.4) is 0 Å². The molecule has 3 nitrogen and oxygen atoms in total. The van der Waals surface area contributed by atoms with Crippen molar-refractivity contribution in [2.45, 2.75) is 0 Å². The molecule has 0 N–H and O–H groups in total. The molecule has 3 rings (SSSR count). The molecule has 0 aliphatic carbocycles. The van der Waals surface area contributed by atoms with Crippen LogP contribution in [0.15, 0.2) is 77.3 Å². The Morgan fingerprint density at radius 3 is 2.20 bits per heavy atom. The van der Waals surface area contributed by atoms with Crippen molar-refractivity contribution in [3.8, 4) is 22.9 Å². The quantitative estimate of drug-likeness (QED) is 0.558. The molecule has 0 aliphatic heterocycles. The zero-order valence-corrected chi connectivity index (χ0v) is 14.9. The summed E-state index contributed by atoms with van der Waals surface area (Å²) in [5.74, 6) is 0.568. The minimum atomic E-state index is -0.0718. The van der Waals surface area contributed by atoms with Crippen molar-refractivity contribution in [2.24, 2.45) is 0 Å². The standard InChI is InChI=1S/C21H14BrNO2/c22-19-3-1-2-18(12-19)21(24)14-25-20-10-8-17(9-11-20)16-6-4-15(13-23)5-7-16/h1-12H,14H2. The van der Waals surface area contributed by atoms with Crippen molar-refractivity contribution < 1.29 is 9.53 Å². The summed E-state index contributed by atoms with van der Waals surface area (Å²) < 4.78 is 6.45. The molecule has 3 aromatic carbocycles. The summed E-state index contributed by atoms with van der Waals surface area (Å²) >= 11 is 3.35. The van der Waals surface area contributed by atoms with E-state index in [0.29, 0.717) is 16.9 Å². The predicted molar refractivity (Wildman–Crippen MR) is 101 cm³/mol. The van der Waals surface area contributed by atoms with Gasteiger partial charge in [0.1, 0.15) is 5.75 Å². The molecule has 4 heteroatoms. The number of carbonyl (C=O) groups is 1. The van der Waals surface area contributed by atoms with E-state index in [2.05, 4.69) is 22.0 Å². The van der Waals surface area contributed by atoms with E-state index < -0.39 is 0 Å². The molecule has 0 bridgehead atoms. The van der Waals surface area contributed by atoms with Gasteiger partial charge in [0.15, 0.2) is 12.4 Å². The van der Waals surface area contributed by atoms with Crippen molar-refractivity contribution >= 4 is 21.7 Å². The molecule has 0 radical (unpaired) electrons. The molecule has 0 saturated heterocycles. The number of Topliss-reactive ketones (excluding diaryl/α,β-unsaturated/α-hetero) is 1. The molecule has 0 heterocycles. The number of nitrogens with zero attached hydrogens (tertiary/aromatic N) is 1. The average Bonchev–Trinajstić information content (AvgIpc) is 2.66. The molecular formula is C21H14BrNO2. The van der Waals surface area contributed by atoms with E-state index in [4.69, 9.17) is 10.00 Å². The van der Waals surface area contributed by atoms with E-state index in [-0.39, 0.29) is 12.4 Å². The second-order valence-electron chi connectivity index (χ2n) is 5.44. The van der Waals surface area contributed by atoms with Crippen LogP contribution in [0.4, 0.5) is 0 Å². The van der Waals surface area contributed by atoms with E-state index in [1.54, 1.807) is 24.3 Å². The molecule has 0 atom stereocenters. The van der Waals surface area contributed by atoms with Gasteiger partial charge in [0.25, 0.3) is 0 Å². The monoisotopic (exact) mass is 391 g/mol.